The van der Waals surface area contributed by atoms with Crippen molar-refractivity contribution in [3.63, 3.8) is 0 Å². The van der Waals surface area contributed by atoms with Gasteiger partial charge in [-0.05, 0) is 37.3 Å². The number of hydrogen-bond acceptors (Lipinski definition) is 7. The van der Waals surface area contributed by atoms with Gasteiger partial charge in [-0.2, -0.15) is 0 Å². The number of pyridine rings is 1. The lowest BCUT2D eigenvalue weighted by molar-refractivity contribution is 0.0626. The third-order valence-corrected chi connectivity index (χ3v) is 6.28. The quantitative estimate of drug-likeness (QED) is 0.528. The number of carbonyl (C=O) groups is 1. The molecule has 0 unspecified atom stereocenters. The SMILES string of the molecule is COc1ccc2nc(C)c(C(=O)N3CCN(Cc4ccc(OC)c(OC)c4OC)CC3)cc2c1. The number of fused-ring (bicyclic) bond motifs is 1. The van der Waals surface area contributed by atoms with E-state index in [4.69, 9.17) is 18.9 Å². The Morgan fingerprint density at radius 2 is 1.62 bits per heavy atom. The minimum Gasteiger partial charge on any atom is -0.497 e. The van der Waals surface area contributed by atoms with Gasteiger partial charge < -0.3 is 23.8 Å². The average molecular weight is 466 g/mol. The van der Waals surface area contributed by atoms with Crippen LogP contribution < -0.4 is 18.9 Å². The summed E-state index contributed by atoms with van der Waals surface area (Å²) in [5.41, 5.74) is 3.24. The molecule has 0 atom stereocenters. The van der Waals surface area contributed by atoms with Gasteiger partial charge in [-0.25, -0.2) is 0 Å². The predicted molar refractivity (Wildman–Crippen MR) is 130 cm³/mol. The summed E-state index contributed by atoms with van der Waals surface area (Å²) in [4.78, 5) is 22.2. The maximum atomic E-state index is 13.3. The molecule has 0 saturated carbocycles. The Bertz CT molecular complexity index is 1190. The summed E-state index contributed by atoms with van der Waals surface area (Å²) in [6, 6.07) is 11.5. The molecule has 180 valence electrons. The number of benzene rings is 2. The highest BCUT2D eigenvalue weighted by molar-refractivity contribution is 5.99. The Hall–Kier alpha value is -3.52. The molecule has 34 heavy (non-hydrogen) atoms. The van der Waals surface area contributed by atoms with E-state index in [-0.39, 0.29) is 5.91 Å². The molecule has 0 N–H and O–H groups in total. The molecule has 0 radical (unpaired) electrons. The molecule has 2 aromatic carbocycles. The molecule has 0 bridgehead atoms. The smallest absolute Gasteiger partial charge is 0.255 e. The van der Waals surface area contributed by atoms with Crippen LogP contribution in [-0.4, -0.2) is 75.3 Å². The van der Waals surface area contributed by atoms with Crippen LogP contribution in [0.3, 0.4) is 0 Å². The number of ether oxygens (including phenoxy) is 4. The van der Waals surface area contributed by atoms with Crippen LogP contribution in [0.25, 0.3) is 10.9 Å². The maximum absolute atomic E-state index is 13.3. The number of piperazine rings is 1. The second-order valence-electron chi connectivity index (χ2n) is 8.24. The summed E-state index contributed by atoms with van der Waals surface area (Å²) in [5.74, 6) is 2.66. The summed E-state index contributed by atoms with van der Waals surface area (Å²) < 4.78 is 21.8. The van der Waals surface area contributed by atoms with Gasteiger partial charge in [0.1, 0.15) is 5.75 Å². The van der Waals surface area contributed by atoms with Crippen LogP contribution in [0.1, 0.15) is 21.6 Å². The Kier molecular flexibility index (Phi) is 7.07. The van der Waals surface area contributed by atoms with Gasteiger partial charge in [-0.3, -0.25) is 14.7 Å². The summed E-state index contributed by atoms with van der Waals surface area (Å²) in [6.07, 6.45) is 0. The molecular formula is C26H31N3O5. The minimum atomic E-state index is 0.0121. The maximum Gasteiger partial charge on any atom is 0.255 e. The highest BCUT2D eigenvalue weighted by Crippen LogP contribution is 2.40. The van der Waals surface area contributed by atoms with Crippen molar-refractivity contribution in [2.45, 2.75) is 13.5 Å². The standard InChI is InChI=1S/C26H31N3O5/c1-17-21(15-19-14-20(31-2)7-8-22(19)27-17)26(30)29-12-10-28(11-13-29)16-18-6-9-23(32-3)25(34-5)24(18)33-4/h6-9,14-15H,10-13,16H2,1-5H3. The van der Waals surface area contributed by atoms with Gasteiger partial charge >= 0.3 is 0 Å². The van der Waals surface area contributed by atoms with Gasteiger partial charge in [0.05, 0.1) is 45.2 Å². The van der Waals surface area contributed by atoms with E-state index in [0.717, 1.165) is 41.0 Å². The zero-order chi connectivity index (χ0) is 24.2. The van der Waals surface area contributed by atoms with Crippen LogP contribution in [0.4, 0.5) is 0 Å². The van der Waals surface area contributed by atoms with Crippen LogP contribution in [0.5, 0.6) is 23.0 Å². The number of hydrogen-bond donors (Lipinski definition) is 0. The molecule has 1 saturated heterocycles. The first-order valence-electron chi connectivity index (χ1n) is 11.2. The molecule has 0 spiro atoms. The molecule has 1 amide bonds. The number of carbonyl (C=O) groups excluding carboxylic acids is 1. The fourth-order valence-corrected chi connectivity index (χ4v) is 4.40. The first kappa shape index (κ1) is 23.6. The normalized spacial score (nSPS) is 14.2. The van der Waals surface area contributed by atoms with Crippen molar-refractivity contribution < 1.29 is 23.7 Å². The molecule has 1 fully saturated rings. The number of aryl methyl sites for hydroxylation is 1. The van der Waals surface area contributed by atoms with E-state index in [1.807, 2.05) is 48.2 Å². The number of methoxy groups -OCH3 is 4. The molecule has 1 aromatic heterocycles. The Balaban J connectivity index is 1.46. The molecule has 4 rings (SSSR count). The highest BCUT2D eigenvalue weighted by atomic mass is 16.5. The van der Waals surface area contributed by atoms with E-state index in [9.17, 15) is 4.79 Å². The zero-order valence-corrected chi connectivity index (χ0v) is 20.4. The van der Waals surface area contributed by atoms with E-state index in [1.165, 1.54) is 0 Å². The van der Waals surface area contributed by atoms with Gasteiger partial charge in [0, 0.05) is 43.7 Å². The molecule has 2 heterocycles. The van der Waals surface area contributed by atoms with Crippen molar-refractivity contribution in [1.82, 2.24) is 14.8 Å². The van der Waals surface area contributed by atoms with Crippen molar-refractivity contribution >= 4 is 16.8 Å². The number of aromatic nitrogens is 1. The van der Waals surface area contributed by atoms with Crippen molar-refractivity contribution in [1.29, 1.82) is 0 Å². The molecular weight excluding hydrogens is 434 g/mol. The summed E-state index contributed by atoms with van der Waals surface area (Å²) >= 11 is 0. The van der Waals surface area contributed by atoms with Gasteiger partial charge in [0.25, 0.3) is 5.91 Å². The third kappa shape index (κ3) is 4.59. The van der Waals surface area contributed by atoms with Crippen molar-refractivity contribution in [2.75, 3.05) is 54.6 Å². The van der Waals surface area contributed by atoms with Crippen LogP contribution in [-0.2, 0) is 6.54 Å². The molecule has 0 aliphatic carbocycles. The Morgan fingerprint density at radius 1 is 0.882 bits per heavy atom. The molecule has 8 nitrogen and oxygen atoms in total. The van der Waals surface area contributed by atoms with Crippen LogP contribution in [0, 0.1) is 6.92 Å². The fraction of sp³-hybridized carbons (Fsp3) is 0.385. The average Bonchev–Trinajstić information content (AvgIpc) is 2.87. The Morgan fingerprint density at radius 3 is 2.26 bits per heavy atom. The highest BCUT2D eigenvalue weighted by Gasteiger charge is 2.25. The molecule has 1 aliphatic heterocycles. The monoisotopic (exact) mass is 465 g/mol. The lowest BCUT2D eigenvalue weighted by Gasteiger charge is -2.35. The van der Waals surface area contributed by atoms with Crippen molar-refractivity contribution in [3.8, 4) is 23.0 Å². The van der Waals surface area contributed by atoms with Crippen molar-refractivity contribution in [3.05, 3.63) is 53.2 Å². The van der Waals surface area contributed by atoms with Gasteiger partial charge in [-0.15, -0.1) is 0 Å². The fourth-order valence-electron chi connectivity index (χ4n) is 4.40. The van der Waals surface area contributed by atoms with Gasteiger partial charge in [-0.1, -0.05) is 6.07 Å². The minimum absolute atomic E-state index is 0.0121. The van der Waals surface area contributed by atoms with Crippen LogP contribution >= 0.6 is 0 Å². The largest absolute Gasteiger partial charge is 0.497 e. The van der Waals surface area contributed by atoms with Crippen LogP contribution in [0.15, 0.2) is 36.4 Å². The third-order valence-electron chi connectivity index (χ3n) is 6.28. The summed E-state index contributed by atoms with van der Waals surface area (Å²) in [6.45, 7) is 5.39. The van der Waals surface area contributed by atoms with E-state index < -0.39 is 0 Å². The van der Waals surface area contributed by atoms with Crippen molar-refractivity contribution in [2.24, 2.45) is 0 Å². The van der Waals surface area contributed by atoms with Gasteiger partial charge in [0.2, 0.25) is 5.75 Å². The second-order valence-corrected chi connectivity index (χ2v) is 8.24. The predicted octanol–water partition coefficient (Wildman–Crippen LogP) is 3.54. The van der Waals surface area contributed by atoms with Gasteiger partial charge in [0.15, 0.2) is 11.5 Å². The van der Waals surface area contributed by atoms with Crippen LogP contribution in [0.2, 0.25) is 0 Å². The number of nitrogens with zero attached hydrogens (tertiary/aromatic N) is 3. The molecule has 8 heteroatoms. The first-order valence-corrected chi connectivity index (χ1v) is 11.2. The first-order chi connectivity index (χ1) is 16.5. The zero-order valence-electron chi connectivity index (χ0n) is 20.4. The summed E-state index contributed by atoms with van der Waals surface area (Å²) in [5, 5.41) is 0.896. The van der Waals surface area contributed by atoms with E-state index in [1.54, 1.807) is 28.4 Å². The lowest BCUT2D eigenvalue weighted by atomic mass is 10.1. The number of amides is 1. The second kappa shape index (κ2) is 10.2. The molecule has 1 aliphatic rings. The topological polar surface area (TPSA) is 73.4 Å². The summed E-state index contributed by atoms with van der Waals surface area (Å²) in [7, 11) is 6.48. The number of rotatable bonds is 7. The lowest BCUT2D eigenvalue weighted by Crippen LogP contribution is -2.48. The van der Waals surface area contributed by atoms with E-state index >= 15 is 0 Å². The van der Waals surface area contributed by atoms with E-state index in [0.29, 0.717) is 42.4 Å². The Labute approximate surface area is 200 Å². The van der Waals surface area contributed by atoms with E-state index in [2.05, 4.69) is 9.88 Å². The molecule has 3 aromatic rings.